The number of hydrogen-bond acceptors (Lipinski definition) is 4. The van der Waals surface area contributed by atoms with Crippen molar-refractivity contribution in [3.63, 3.8) is 0 Å². The van der Waals surface area contributed by atoms with Crippen LogP contribution in [0.2, 0.25) is 0 Å². The van der Waals surface area contributed by atoms with E-state index in [2.05, 4.69) is 5.32 Å². The highest BCUT2D eigenvalue weighted by atomic mass is 16.5. The third kappa shape index (κ3) is 2.99. The summed E-state index contributed by atoms with van der Waals surface area (Å²) in [6.07, 6.45) is 5.86. The Balaban J connectivity index is 1.73. The van der Waals surface area contributed by atoms with Gasteiger partial charge in [0.25, 0.3) is 0 Å². The first-order valence-electron chi connectivity index (χ1n) is 6.80. The molecule has 2 N–H and O–H groups in total. The Bertz CT molecular complexity index is 225. The molecule has 0 aromatic rings. The molecular formula is C13H25NO3. The summed E-state index contributed by atoms with van der Waals surface area (Å²) in [6, 6.07) is 0. The second-order valence-electron chi connectivity index (χ2n) is 5.30. The van der Waals surface area contributed by atoms with Crippen LogP contribution < -0.4 is 5.32 Å². The van der Waals surface area contributed by atoms with Crippen LogP contribution in [0.25, 0.3) is 0 Å². The van der Waals surface area contributed by atoms with Gasteiger partial charge in [-0.25, -0.2) is 0 Å². The van der Waals surface area contributed by atoms with Gasteiger partial charge in [0.2, 0.25) is 0 Å². The van der Waals surface area contributed by atoms with Gasteiger partial charge in [0.1, 0.15) is 0 Å². The van der Waals surface area contributed by atoms with Crippen LogP contribution in [0.1, 0.15) is 32.1 Å². The summed E-state index contributed by atoms with van der Waals surface area (Å²) in [7, 11) is 1.96. The monoisotopic (exact) mass is 243 g/mol. The molecule has 1 heterocycles. The van der Waals surface area contributed by atoms with Crippen LogP contribution in [0.4, 0.5) is 0 Å². The summed E-state index contributed by atoms with van der Waals surface area (Å²) in [5, 5.41) is 12.9. The minimum atomic E-state index is -0.0600. The van der Waals surface area contributed by atoms with Crippen LogP contribution in [0.5, 0.6) is 0 Å². The van der Waals surface area contributed by atoms with Gasteiger partial charge in [-0.3, -0.25) is 0 Å². The molecule has 4 heteroatoms. The van der Waals surface area contributed by atoms with Crippen molar-refractivity contribution in [2.75, 3.05) is 33.5 Å². The van der Waals surface area contributed by atoms with E-state index in [0.29, 0.717) is 12.0 Å². The van der Waals surface area contributed by atoms with E-state index in [1.54, 1.807) is 0 Å². The van der Waals surface area contributed by atoms with E-state index in [1.807, 2.05) is 7.05 Å². The van der Waals surface area contributed by atoms with Gasteiger partial charge in [-0.05, 0) is 38.6 Å². The Kier molecular flexibility index (Phi) is 4.79. The van der Waals surface area contributed by atoms with E-state index in [1.165, 1.54) is 12.8 Å². The molecule has 17 heavy (non-hydrogen) atoms. The van der Waals surface area contributed by atoms with Gasteiger partial charge in [-0.15, -0.1) is 0 Å². The zero-order chi connectivity index (χ0) is 12.1. The van der Waals surface area contributed by atoms with Crippen molar-refractivity contribution >= 4 is 0 Å². The predicted molar refractivity (Wildman–Crippen MR) is 66.0 cm³/mol. The van der Waals surface area contributed by atoms with Gasteiger partial charge >= 0.3 is 0 Å². The number of rotatable bonds is 6. The third-order valence-electron chi connectivity index (χ3n) is 4.44. The molecule has 3 unspecified atom stereocenters. The van der Waals surface area contributed by atoms with E-state index < -0.39 is 0 Å². The number of nitrogens with one attached hydrogen (secondary N) is 1. The van der Waals surface area contributed by atoms with Gasteiger partial charge in [-0.1, -0.05) is 6.42 Å². The van der Waals surface area contributed by atoms with Crippen LogP contribution in [-0.4, -0.2) is 50.2 Å². The maximum absolute atomic E-state index is 9.57. The molecule has 2 rings (SSSR count). The van der Waals surface area contributed by atoms with Crippen molar-refractivity contribution in [3.8, 4) is 0 Å². The summed E-state index contributed by atoms with van der Waals surface area (Å²) < 4.78 is 11.1. The fourth-order valence-electron chi connectivity index (χ4n) is 3.20. The quantitative estimate of drug-likeness (QED) is 0.729. The SMILES string of the molecule is CNC1(CO)CCCC1CCOC1CCOC1. The van der Waals surface area contributed by atoms with Crippen molar-refractivity contribution in [1.29, 1.82) is 0 Å². The molecule has 0 spiro atoms. The van der Waals surface area contributed by atoms with Gasteiger partial charge in [0, 0.05) is 18.8 Å². The fraction of sp³-hybridized carbons (Fsp3) is 1.00. The highest BCUT2D eigenvalue weighted by Gasteiger charge is 2.40. The van der Waals surface area contributed by atoms with Crippen LogP contribution >= 0.6 is 0 Å². The molecule has 1 aliphatic carbocycles. The van der Waals surface area contributed by atoms with Gasteiger partial charge in [0.05, 0.1) is 19.3 Å². The molecule has 0 aromatic carbocycles. The van der Waals surface area contributed by atoms with Crippen molar-refractivity contribution in [3.05, 3.63) is 0 Å². The summed E-state index contributed by atoms with van der Waals surface area (Å²) in [5.74, 6) is 0.542. The molecule has 2 aliphatic rings. The molecule has 100 valence electrons. The molecule has 0 bridgehead atoms. The Morgan fingerprint density at radius 1 is 1.47 bits per heavy atom. The number of aliphatic hydroxyl groups excluding tert-OH is 1. The third-order valence-corrected chi connectivity index (χ3v) is 4.44. The lowest BCUT2D eigenvalue weighted by Gasteiger charge is -2.33. The molecule has 1 saturated carbocycles. The first-order valence-corrected chi connectivity index (χ1v) is 6.80. The summed E-state index contributed by atoms with van der Waals surface area (Å²) in [4.78, 5) is 0. The number of ether oxygens (including phenoxy) is 2. The lowest BCUT2D eigenvalue weighted by atomic mass is 9.86. The molecule has 4 nitrogen and oxygen atoms in total. The van der Waals surface area contributed by atoms with Crippen molar-refractivity contribution < 1.29 is 14.6 Å². The largest absolute Gasteiger partial charge is 0.394 e. The van der Waals surface area contributed by atoms with Crippen molar-refractivity contribution in [2.24, 2.45) is 5.92 Å². The molecule has 2 fully saturated rings. The predicted octanol–water partition coefficient (Wildman–Crippen LogP) is 0.933. The molecule has 0 aromatic heterocycles. The van der Waals surface area contributed by atoms with E-state index in [9.17, 15) is 5.11 Å². The first-order chi connectivity index (χ1) is 8.30. The molecular weight excluding hydrogens is 218 g/mol. The first kappa shape index (κ1) is 13.3. The second kappa shape index (κ2) is 6.14. The standard InChI is InChI=1S/C13H25NO3/c1-14-13(10-15)6-2-3-11(13)4-8-17-12-5-7-16-9-12/h11-12,14-15H,2-10H2,1H3. The highest BCUT2D eigenvalue weighted by molar-refractivity contribution is 4.97. The summed E-state index contributed by atoms with van der Waals surface area (Å²) >= 11 is 0. The van der Waals surface area contributed by atoms with Crippen LogP contribution in [-0.2, 0) is 9.47 Å². The highest BCUT2D eigenvalue weighted by Crippen LogP contribution is 2.37. The molecule has 1 aliphatic heterocycles. The van der Waals surface area contributed by atoms with Gasteiger partial charge < -0.3 is 19.9 Å². The maximum atomic E-state index is 9.57. The zero-order valence-electron chi connectivity index (χ0n) is 10.8. The Hall–Kier alpha value is -0.160. The maximum Gasteiger partial charge on any atom is 0.0830 e. The van der Waals surface area contributed by atoms with E-state index in [4.69, 9.17) is 9.47 Å². The average Bonchev–Trinajstić information content (AvgIpc) is 2.99. The van der Waals surface area contributed by atoms with E-state index >= 15 is 0 Å². The van der Waals surface area contributed by atoms with Crippen molar-refractivity contribution in [2.45, 2.75) is 43.7 Å². The summed E-state index contributed by atoms with van der Waals surface area (Å²) in [5.41, 5.74) is -0.0600. The fourth-order valence-corrected chi connectivity index (χ4v) is 3.20. The molecule has 0 radical (unpaired) electrons. The Morgan fingerprint density at radius 2 is 2.35 bits per heavy atom. The normalized spacial score (nSPS) is 37.8. The molecule has 0 amide bonds. The lowest BCUT2D eigenvalue weighted by molar-refractivity contribution is 0.0254. The zero-order valence-corrected chi connectivity index (χ0v) is 10.8. The number of likely N-dealkylation sites (N-methyl/N-ethyl adjacent to an activating group) is 1. The van der Waals surface area contributed by atoms with Crippen molar-refractivity contribution in [1.82, 2.24) is 5.32 Å². The second-order valence-corrected chi connectivity index (χ2v) is 5.30. The van der Waals surface area contributed by atoms with E-state index in [0.717, 1.165) is 39.1 Å². The number of hydrogen-bond donors (Lipinski definition) is 2. The van der Waals surface area contributed by atoms with Gasteiger partial charge in [-0.2, -0.15) is 0 Å². The van der Waals surface area contributed by atoms with Crippen LogP contribution in [0.3, 0.4) is 0 Å². The molecule has 1 saturated heterocycles. The Labute approximate surface area is 104 Å². The Morgan fingerprint density at radius 3 is 3.00 bits per heavy atom. The molecule has 3 atom stereocenters. The van der Waals surface area contributed by atoms with Crippen LogP contribution in [0, 0.1) is 5.92 Å². The smallest absolute Gasteiger partial charge is 0.0830 e. The minimum absolute atomic E-state index is 0.0600. The number of aliphatic hydroxyl groups is 1. The van der Waals surface area contributed by atoms with Crippen LogP contribution in [0.15, 0.2) is 0 Å². The lowest BCUT2D eigenvalue weighted by Crippen LogP contribution is -2.49. The average molecular weight is 243 g/mol. The topological polar surface area (TPSA) is 50.7 Å². The van der Waals surface area contributed by atoms with Gasteiger partial charge in [0.15, 0.2) is 0 Å². The minimum Gasteiger partial charge on any atom is -0.394 e. The summed E-state index contributed by atoms with van der Waals surface area (Å²) in [6.45, 7) is 2.62. The van der Waals surface area contributed by atoms with E-state index in [-0.39, 0.29) is 12.1 Å².